The zero-order valence-corrected chi connectivity index (χ0v) is 26.8. The van der Waals surface area contributed by atoms with Crippen molar-refractivity contribution in [2.75, 3.05) is 17.1 Å². The Kier molecular flexibility index (Phi) is 11.8. The molecule has 0 saturated heterocycles. The lowest BCUT2D eigenvalue weighted by atomic mass is 9.94. The largest absolute Gasteiger partial charge is 0.352 e. The Morgan fingerprint density at radius 3 is 2.21 bits per heavy atom. The molecule has 10 heteroatoms. The molecule has 0 heterocycles. The molecule has 1 atom stereocenters. The van der Waals surface area contributed by atoms with Gasteiger partial charge < -0.3 is 10.2 Å². The molecule has 3 aromatic carbocycles. The zero-order chi connectivity index (χ0) is 30.8. The van der Waals surface area contributed by atoms with Crippen molar-refractivity contribution in [2.24, 2.45) is 0 Å². The summed E-state index contributed by atoms with van der Waals surface area (Å²) in [5, 5.41) is 3.23. The molecule has 0 aliphatic heterocycles. The van der Waals surface area contributed by atoms with Crippen LogP contribution in [-0.2, 0) is 32.6 Å². The highest BCUT2D eigenvalue weighted by atomic mass is 79.9. The van der Waals surface area contributed by atoms with Gasteiger partial charge in [-0.2, -0.15) is 0 Å². The van der Waals surface area contributed by atoms with Gasteiger partial charge in [0.1, 0.15) is 11.9 Å². The molecule has 1 aliphatic carbocycles. The van der Waals surface area contributed by atoms with E-state index in [0.717, 1.165) is 54.0 Å². The summed E-state index contributed by atoms with van der Waals surface area (Å²) in [6.45, 7) is 0.273. The van der Waals surface area contributed by atoms with Gasteiger partial charge in [0.2, 0.25) is 21.8 Å². The molecule has 3 aromatic rings. The molecule has 1 N–H and O–H groups in total. The summed E-state index contributed by atoms with van der Waals surface area (Å²) >= 11 is 3.46. The number of benzene rings is 3. The first-order chi connectivity index (χ1) is 20.6. The fraction of sp³-hybridized carbons (Fsp3) is 0.394. The second-order valence-electron chi connectivity index (χ2n) is 11.1. The number of rotatable bonds is 13. The number of nitrogens with zero attached hydrogens (tertiary/aromatic N) is 2. The van der Waals surface area contributed by atoms with Gasteiger partial charge in [0.15, 0.2) is 0 Å². The number of hydrogen-bond donors (Lipinski definition) is 1. The highest BCUT2D eigenvalue weighted by Gasteiger charge is 2.32. The second-order valence-corrected chi connectivity index (χ2v) is 13.9. The third-order valence-electron chi connectivity index (χ3n) is 7.76. The van der Waals surface area contributed by atoms with E-state index in [4.69, 9.17) is 0 Å². The van der Waals surface area contributed by atoms with Gasteiger partial charge >= 0.3 is 0 Å². The van der Waals surface area contributed by atoms with Crippen LogP contribution in [0.15, 0.2) is 83.3 Å². The molecule has 1 aliphatic rings. The highest BCUT2D eigenvalue weighted by Crippen LogP contribution is 2.22. The van der Waals surface area contributed by atoms with Crippen LogP contribution in [0, 0.1) is 5.82 Å². The van der Waals surface area contributed by atoms with E-state index in [1.54, 1.807) is 4.90 Å². The van der Waals surface area contributed by atoms with Crippen LogP contribution in [0.2, 0.25) is 0 Å². The lowest BCUT2D eigenvalue weighted by molar-refractivity contribution is -0.141. The Morgan fingerprint density at radius 1 is 0.930 bits per heavy atom. The molecule has 7 nitrogen and oxygen atoms in total. The normalized spacial score (nSPS) is 14.6. The fourth-order valence-electron chi connectivity index (χ4n) is 5.50. The lowest BCUT2D eigenvalue weighted by Gasteiger charge is -2.34. The summed E-state index contributed by atoms with van der Waals surface area (Å²) in [6, 6.07) is 21.9. The van der Waals surface area contributed by atoms with E-state index in [1.807, 2.05) is 54.6 Å². The minimum Gasteiger partial charge on any atom is -0.352 e. The predicted octanol–water partition coefficient (Wildman–Crippen LogP) is 6.22. The zero-order valence-electron chi connectivity index (χ0n) is 24.4. The molecule has 0 bridgehead atoms. The van der Waals surface area contributed by atoms with Crippen LogP contribution in [0.4, 0.5) is 10.1 Å². The Morgan fingerprint density at radius 2 is 1.58 bits per heavy atom. The molecule has 43 heavy (non-hydrogen) atoms. The van der Waals surface area contributed by atoms with Crippen molar-refractivity contribution in [1.82, 2.24) is 10.2 Å². The van der Waals surface area contributed by atoms with Crippen molar-refractivity contribution in [3.63, 3.8) is 0 Å². The number of carbonyl (C=O) groups excluding carboxylic acids is 2. The molecular formula is C33H39BrFN3O4S. The Labute approximate surface area is 262 Å². The molecule has 1 unspecified atom stereocenters. The van der Waals surface area contributed by atoms with E-state index < -0.39 is 21.9 Å². The third kappa shape index (κ3) is 9.89. The second kappa shape index (κ2) is 15.5. The molecule has 1 saturated carbocycles. The van der Waals surface area contributed by atoms with Gasteiger partial charge in [-0.3, -0.25) is 13.9 Å². The van der Waals surface area contributed by atoms with Crippen molar-refractivity contribution in [3.8, 4) is 0 Å². The Balaban J connectivity index is 1.58. The SMILES string of the molecule is CS(=O)(=O)N(CCCC(=O)N(Cc1ccc(Br)cc1)C(Cc1ccccc1)C(=O)NC1CCCCC1)c1ccc(F)cc1. The van der Waals surface area contributed by atoms with E-state index in [-0.39, 0.29) is 43.8 Å². The van der Waals surface area contributed by atoms with Crippen LogP contribution in [0.1, 0.15) is 56.1 Å². The van der Waals surface area contributed by atoms with Crippen molar-refractivity contribution in [3.05, 3.63) is 100 Å². The number of halogens is 2. The summed E-state index contributed by atoms with van der Waals surface area (Å²) in [5.41, 5.74) is 2.15. The summed E-state index contributed by atoms with van der Waals surface area (Å²) < 4.78 is 40.7. The molecule has 0 spiro atoms. The Bertz CT molecular complexity index is 1450. The maximum atomic E-state index is 14.0. The van der Waals surface area contributed by atoms with Gasteiger partial charge in [0.25, 0.3) is 0 Å². The van der Waals surface area contributed by atoms with E-state index >= 15 is 0 Å². The fourth-order valence-corrected chi connectivity index (χ4v) is 6.73. The van der Waals surface area contributed by atoms with Crippen LogP contribution < -0.4 is 9.62 Å². The first-order valence-corrected chi connectivity index (χ1v) is 17.4. The maximum absolute atomic E-state index is 14.0. The lowest BCUT2D eigenvalue weighted by Crippen LogP contribution is -2.52. The average Bonchev–Trinajstić information content (AvgIpc) is 2.99. The molecule has 2 amide bonds. The van der Waals surface area contributed by atoms with Crippen molar-refractivity contribution in [1.29, 1.82) is 0 Å². The molecule has 4 rings (SSSR count). The summed E-state index contributed by atoms with van der Waals surface area (Å²) in [5.74, 6) is -0.882. The molecule has 0 radical (unpaired) electrons. The molecule has 230 valence electrons. The van der Waals surface area contributed by atoms with Gasteiger partial charge in [-0.25, -0.2) is 12.8 Å². The van der Waals surface area contributed by atoms with Gasteiger partial charge in [-0.05, 0) is 66.8 Å². The summed E-state index contributed by atoms with van der Waals surface area (Å²) in [6.07, 6.45) is 6.85. The quantitative estimate of drug-likeness (QED) is 0.234. The predicted molar refractivity (Wildman–Crippen MR) is 171 cm³/mol. The van der Waals surface area contributed by atoms with Crippen LogP contribution in [-0.4, -0.2) is 50.0 Å². The van der Waals surface area contributed by atoms with E-state index in [9.17, 15) is 22.4 Å². The monoisotopic (exact) mass is 671 g/mol. The molecule has 0 aromatic heterocycles. The highest BCUT2D eigenvalue weighted by molar-refractivity contribution is 9.10. The van der Waals surface area contributed by atoms with Gasteiger partial charge in [-0.15, -0.1) is 0 Å². The topological polar surface area (TPSA) is 86.8 Å². The van der Waals surface area contributed by atoms with E-state index in [2.05, 4.69) is 21.2 Å². The van der Waals surface area contributed by atoms with Crippen LogP contribution in [0.5, 0.6) is 0 Å². The van der Waals surface area contributed by atoms with Crippen molar-refractivity contribution >= 4 is 43.5 Å². The molecule has 1 fully saturated rings. The number of carbonyl (C=O) groups is 2. The first-order valence-electron chi connectivity index (χ1n) is 14.7. The molecular weight excluding hydrogens is 633 g/mol. The van der Waals surface area contributed by atoms with Crippen LogP contribution in [0.3, 0.4) is 0 Å². The number of nitrogens with one attached hydrogen (secondary N) is 1. The minimum absolute atomic E-state index is 0.0335. The van der Waals surface area contributed by atoms with Crippen LogP contribution in [0.25, 0.3) is 0 Å². The summed E-state index contributed by atoms with van der Waals surface area (Å²) in [7, 11) is -3.67. The third-order valence-corrected chi connectivity index (χ3v) is 9.48. The number of anilines is 1. The minimum atomic E-state index is -3.67. The van der Waals surface area contributed by atoms with Crippen LogP contribution >= 0.6 is 15.9 Å². The summed E-state index contributed by atoms with van der Waals surface area (Å²) in [4.78, 5) is 29.5. The van der Waals surface area contributed by atoms with Gasteiger partial charge in [-0.1, -0.05) is 77.7 Å². The Hall–Kier alpha value is -3.24. The first kappa shape index (κ1) is 32.7. The van der Waals surface area contributed by atoms with Crippen molar-refractivity contribution < 1.29 is 22.4 Å². The van der Waals surface area contributed by atoms with E-state index in [1.165, 1.54) is 28.6 Å². The number of sulfonamides is 1. The van der Waals surface area contributed by atoms with Crippen molar-refractivity contribution in [2.45, 2.75) is 70.0 Å². The smallest absolute Gasteiger partial charge is 0.243 e. The average molecular weight is 673 g/mol. The van der Waals surface area contributed by atoms with E-state index in [0.29, 0.717) is 12.1 Å². The number of amides is 2. The standard InChI is InChI=1S/C33H39BrFN3O4S/c1-43(41,42)38(30-20-18-28(35)19-21-30)22-8-13-32(39)37(24-26-14-16-27(34)17-15-26)31(23-25-9-4-2-5-10-25)33(40)36-29-11-6-3-7-12-29/h2,4-5,9-10,14-21,29,31H,3,6-8,11-13,22-24H2,1H3,(H,36,40). The number of hydrogen-bond acceptors (Lipinski definition) is 4. The maximum Gasteiger partial charge on any atom is 0.243 e. The van der Waals surface area contributed by atoms with Gasteiger partial charge in [0, 0.05) is 36.4 Å². The van der Waals surface area contributed by atoms with Gasteiger partial charge in [0.05, 0.1) is 11.9 Å².